The summed E-state index contributed by atoms with van der Waals surface area (Å²) in [4.78, 5) is 11.8. The van der Waals surface area contributed by atoms with E-state index in [-0.39, 0.29) is 22.8 Å². The molecule has 0 unspecified atom stereocenters. The summed E-state index contributed by atoms with van der Waals surface area (Å²) in [6.45, 7) is 5.75. The van der Waals surface area contributed by atoms with Crippen LogP contribution in [-0.4, -0.2) is 24.5 Å². The summed E-state index contributed by atoms with van der Waals surface area (Å²) in [7, 11) is 1.26. The Morgan fingerprint density at radius 3 is 2.29 bits per heavy atom. The van der Waals surface area contributed by atoms with Crippen LogP contribution in [0.2, 0.25) is 0 Å². The van der Waals surface area contributed by atoms with Crippen LogP contribution in [0.3, 0.4) is 0 Å². The Morgan fingerprint density at radius 1 is 1.11 bits per heavy atom. The van der Waals surface area contributed by atoms with Crippen molar-refractivity contribution in [2.45, 2.75) is 33.6 Å². The van der Waals surface area contributed by atoms with Gasteiger partial charge in [-0.05, 0) is 48.6 Å². The number of carbonyl (C=O) groups is 1. The van der Waals surface area contributed by atoms with E-state index in [9.17, 15) is 23.1 Å². The van der Waals surface area contributed by atoms with Gasteiger partial charge >= 0.3 is 12.3 Å². The number of ether oxygens (including phenoxy) is 3. The largest absolute Gasteiger partial charge is 0.573 e. The molecule has 0 heterocycles. The molecule has 0 radical (unpaired) electrons. The summed E-state index contributed by atoms with van der Waals surface area (Å²) < 4.78 is 51.7. The second-order valence-electron chi connectivity index (χ2n) is 6.59. The van der Waals surface area contributed by atoms with Crippen molar-refractivity contribution >= 4 is 5.97 Å². The van der Waals surface area contributed by atoms with Gasteiger partial charge in [0, 0.05) is 6.07 Å². The Balaban J connectivity index is 2.42. The fourth-order valence-corrected chi connectivity index (χ4v) is 2.79. The van der Waals surface area contributed by atoms with Gasteiger partial charge in [-0.15, -0.1) is 13.2 Å². The zero-order chi connectivity index (χ0) is 21.1. The molecule has 1 N–H and O–H groups in total. The Morgan fingerprint density at radius 2 is 1.75 bits per heavy atom. The average Bonchev–Trinajstić information content (AvgIpc) is 2.56. The number of benzene rings is 2. The number of aromatic carboxylic acids is 1. The van der Waals surface area contributed by atoms with Crippen molar-refractivity contribution in [3.8, 4) is 23.0 Å². The molecular weight excluding hydrogens is 377 g/mol. The van der Waals surface area contributed by atoms with Gasteiger partial charge in [0.25, 0.3) is 0 Å². The third-order valence-electron chi connectivity index (χ3n) is 3.97. The normalized spacial score (nSPS) is 11.4. The van der Waals surface area contributed by atoms with E-state index in [4.69, 9.17) is 9.47 Å². The lowest BCUT2D eigenvalue weighted by Gasteiger charge is -2.17. The van der Waals surface area contributed by atoms with E-state index in [0.717, 1.165) is 17.7 Å². The highest BCUT2D eigenvalue weighted by Crippen LogP contribution is 2.38. The number of alkyl halides is 3. The summed E-state index contributed by atoms with van der Waals surface area (Å²) in [6.07, 6.45) is -4.13. The minimum atomic E-state index is -4.84. The van der Waals surface area contributed by atoms with Crippen LogP contribution < -0.4 is 14.2 Å². The Bertz CT molecular complexity index is 860. The molecule has 0 aromatic heterocycles. The molecule has 2 rings (SSSR count). The molecule has 0 atom stereocenters. The van der Waals surface area contributed by atoms with E-state index in [1.807, 2.05) is 13.8 Å². The fourth-order valence-electron chi connectivity index (χ4n) is 2.79. The van der Waals surface area contributed by atoms with E-state index >= 15 is 0 Å². The van der Waals surface area contributed by atoms with Gasteiger partial charge in [0.2, 0.25) is 0 Å². The monoisotopic (exact) mass is 398 g/mol. The molecule has 2 aromatic rings. The molecule has 28 heavy (non-hydrogen) atoms. The molecule has 0 bridgehead atoms. The standard InChI is InChI=1S/C20H21F3O5/c1-11(2)9-13-5-7-16(18(12(13)3)19(24)25)27-15-8-6-14(10-17(15)26-4)28-20(21,22)23/h5-8,10-11H,9H2,1-4H3,(H,24,25). The third kappa shape index (κ3) is 5.31. The molecule has 152 valence electrons. The molecule has 0 saturated carbocycles. The van der Waals surface area contributed by atoms with Crippen LogP contribution in [0.4, 0.5) is 13.2 Å². The Kier molecular flexibility index (Phi) is 6.43. The molecule has 0 saturated heterocycles. The smallest absolute Gasteiger partial charge is 0.493 e. The van der Waals surface area contributed by atoms with E-state index in [0.29, 0.717) is 17.9 Å². The fraction of sp³-hybridized carbons (Fsp3) is 0.350. The summed E-state index contributed by atoms with van der Waals surface area (Å²) in [5, 5.41) is 9.63. The van der Waals surface area contributed by atoms with Gasteiger partial charge in [0.05, 0.1) is 7.11 Å². The second-order valence-corrected chi connectivity index (χ2v) is 6.59. The van der Waals surface area contributed by atoms with Crippen LogP contribution in [0.25, 0.3) is 0 Å². The Labute approximate surface area is 160 Å². The summed E-state index contributed by atoms with van der Waals surface area (Å²) >= 11 is 0. The number of hydrogen-bond donors (Lipinski definition) is 1. The van der Waals surface area contributed by atoms with Crippen LogP contribution in [0, 0.1) is 12.8 Å². The first kappa shape index (κ1) is 21.4. The van der Waals surface area contributed by atoms with Gasteiger partial charge in [-0.2, -0.15) is 0 Å². The zero-order valence-corrected chi connectivity index (χ0v) is 15.9. The Hall–Kier alpha value is -2.90. The highest BCUT2D eigenvalue weighted by molar-refractivity contribution is 5.93. The maximum absolute atomic E-state index is 12.4. The van der Waals surface area contributed by atoms with E-state index in [2.05, 4.69) is 4.74 Å². The first-order valence-electron chi connectivity index (χ1n) is 8.49. The number of carboxylic acid groups (broad SMARTS) is 1. The summed E-state index contributed by atoms with van der Waals surface area (Å²) in [5.41, 5.74) is 1.46. The topological polar surface area (TPSA) is 65.0 Å². The molecular formula is C20H21F3O5. The zero-order valence-electron chi connectivity index (χ0n) is 15.9. The molecule has 8 heteroatoms. The minimum absolute atomic E-state index is 0.00387. The van der Waals surface area contributed by atoms with Crippen LogP contribution in [0.5, 0.6) is 23.0 Å². The molecule has 0 spiro atoms. The first-order valence-corrected chi connectivity index (χ1v) is 8.49. The highest BCUT2D eigenvalue weighted by atomic mass is 19.4. The van der Waals surface area contributed by atoms with E-state index in [1.54, 1.807) is 13.0 Å². The van der Waals surface area contributed by atoms with E-state index < -0.39 is 18.1 Å². The first-order chi connectivity index (χ1) is 13.0. The number of carboxylic acids is 1. The quantitative estimate of drug-likeness (QED) is 0.659. The molecule has 2 aromatic carbocycles. The molecule has 0 amide bonds. The van der Waals surface area contributed by atoms with Gasteiger partial charge in [-0.1, -0.05) is 19.9 Å². The third-order valence-corrected chi connectivity index (χ3v) is 3.97. The van der Waals surface area contributed by atoms with Gasteiger partial charge in [0.1, 0.15) is 17.1 Å². The predicted molar refractivity (Wildman–Crippen MR) is 96.4 cm³/mol. The lowest BCUT2D eigenvalue weighted by molar-refractivity contribution is -0.274. The van der Waals surface area contributed by atoms with Gasteiger partial charge in [-0.25, -0.2) is 4.79 Å². The molecule has 0 fully saturated rings. The molecule has 5 nitrogen and oxygen atoms in total. The molecule has 0 aliphatic heterocycles. The summed E-state index contributed by atoms with van der Waals surface area (Å²) in [6, 6.07) is 6.62. The van der Waals surface area contributed by atoms with Crippen LogP contribution >= 0.6 is 0 Å². The van der Waals surface area contributed by atoms with Crippen LogP contribution in [-0.2, 0) is 6.42 Å². The maximum Gasteiger partial charge on any atom is 0.573 e. The number of methoxy groups -OCH3 is 1. The minimum Gasteiger partial charge on any atom is -0.493 e. The number of hydrogen-bond acceptors (Lipinski definition) is 4. The lowest BCUT2D eigenvalue weighted by atomic mass is 9.94. The predicted octanol–water partition coefficient (Wildman–Crippen LogP) is 5.59. The van der Waals surface area contributed by atoms with Crippen LogP contribution in [0.15, 0.2) is 30.3 Å². The lowest BCUT2D eigenvalue weighted by Crippen LogP contribution is -2.17. The van der Waals surface area contributed by atoms with Crippen molar-refractivity contribution in [2.24, 2.45) is 5.92 Å². The van der Waals surface area contributed by atoms with Crippen molar-refractivity contribution in [1.29, 1.82) is 0 Å². The van der Waals surface area contributed by atoms with Crippen molar-refractivity contribution in [2.75, 3.05) is 7.11 Å². The molecule has 0 aliphatic carbocycles. The number of halogens is 3. The SMILES string of the molecule is COc1cc(OC(F)(F)F)ccc1Oc1ccc(CC(C)C)c(C)c1C(=O)O. The van der Waals surface area contributed by atoms with E-state index in [1.165, 1.54) is 19.2 Å². The van der Waals surface area contributed by atoms with Crippen molar-refractivity contribution < 1.29 is 37.3 Å². The van der Waals surface area contributed by atoms with Crippen molar-refractivity contribution in [1.82, 2.24) is 0 Å². The van der Waals surface area contributed by atoms with Gasteiger partial charge in [0.15, 0.2) is 11.5 Å². The van der Waals surface area contributed by atoms with Crippen molar-refractivity contribution in [3.05, 3.63) is 47.0 Å². The van der Waals surface area contributed by atoms with Gasteiger partial charge < -0.3 is 19.3 Å². The average molecular weight is 398 g/mol. The second kappa shape index (κ2) is 8.41. The summed E-state index contributed by atoms with van der Waals surface area (Å²) in [5.74, 6) is -1.18. The van der Waals surface area contributed by atoms with Crippen molar-refractivity contribution in [3.63, 3.8) is 0 Å². The molecule has 0 aliphatic rings. The van der Waals surface area contributed by atoms with Crippen LogP contribution in [0.1, 0.15) is 35.3 Å². The highest BCUT2D eigenvalue weighted by Gasteiger charge is 2.31. The number of rotatable bonds is 7. The maximum atomic E-state index is 12.4. The van der Waals surface area contributed by atoms with Gasteiger partial charge in [-0.3, -0.25) is 0 Å².